The number of sulfonamides is 1. The quantitative estimate of drug-likeness (QED) is 0.731. The Kier molecular flexibility index (Phi) is 7.01. The van der Waals surface area contributed by atoms with Gasteiger partial charge in [-0.15, -0.1) is 0 Å². The van der Waals surface area contributed by atoms with E-state index in [1.807, 2.05) is 43.3 Å². The molecule has 152 valence electrons. The van der Waals surface area contributed by atoms with Gasteiger partial charge < -0.3 is 10.2 Å². The zero-order chi connectivity index (χ0) is 20.9. The van der Waals surface area contributed by atoms with Crippen LogP contribution in [-0.4, -0.2) is 40.7 Å². The molecule has 0 saturated carbocycles. The van der Waals surface area contributed by atoms with Crippen molar-refractivity contribution in [1.82, 2.24) is 5.32 Å². The Morgan fingerprint density at radius 1 is 1.11 bits per heavy atom. The van der Waals surface area contributed by atoms with Crippen LogP contribution in [0.1, 0.15) is 18.9 Å². The summed E-state index contributed by atoms with van der Waals surface area (Å²) in [5.74, 6) is -1.17. The Labute approximate surface area is 166 Å². The lowest BCUT2D eigenvalue weighted by atomic mass is 10.1. The normalized spacial score (nSPS) is 12.3. The van der Waals surface area contributed by atoms with Crippen LogP contribution < -0.4 is 14.5 Å². The first-order valence-electron chi connectivity index (χ1n) is 8.93. The smallest absolute Gasteiger partial charge is 0.244 e. The molecular formula is C20H26FN3O3S. The average molecular weight is 408 g/mol. The Balaban J connectivity index is 2.21. The number of hydrogen-bond donors (Lipinski definition) is 1. The van der Waals surface area contributed by atoms with Crippen molar-refractivity contribution >= 4 is 27.3 Å². The second-order valence-corrected chi connectivity index (χ2v) is 8.57. The lowest BCUT2D eigenvalue weighted by molar-refractivity contribution is -0.122. The Morgan fingerprint density at radius 3 is 2.21 bits per heavy atom. The van der Waals surface area contributed by atoms with E-state index in [9.17, 15) is 17.6 Å². The van der Waals surface area contributed by atoms with Gasteiger partial charge in [-0.05, 0) is 36.2 Å². The molecule has 1 N–H and O–H groups in total. The van der Waals surface area contributed by atoms with Gasteiger partial charge >= 0.3 is 0 Å². The zero-order valence-electron chi connectivity index (χ0n) is 16.5. The molecule has 0 heterocycles. The highest BCUT2D eigenvalue weighted by atomic mass is 32.2. The number of amides is 1. The first-order valence-corrected chi connectivity index (χ1v) is 10.8. The van der Waals surface area contributed by atoms with Crippen LogP contribution >= 0.6 is 0 Å². The van der Waals surface area contributed by atoms with Gasteiger partial charge in [-0.25, -0.2) is 12.8 Å². The Bertz CT molecular complexity index is 915. The molecule has 6 nitrogen and oxygen atoms in total. The Hall–Kier alpha value is -2.61. The van der Waals surface area contributed by atoms with Gasteiger partial charge in [0.1, 0.15) is 11.9 Å². The maximum absolute atomic E-state index is 14.2. The number of anilines is 2. The summed E-state index contributed by atoms with van der Waals surface area (Å²) in [4.78, 5) is 14.7. The van der Waals surface area contributed by atoms with Crippen LogP contribution in [0.4, 0.5) is 15.8 Å². The third-order valence-electron chi connectivity index (χ3n) is 4.34. The Morgan fingerprint density at radius 2 is 1.71 bits per heavy atom. The molecule has 2 aromatic carbocycles. The van der Waals surface area contributed by atoms with E-state index in [0.29, 0.717) is 0 Å². The predicted molar refractivity (Wildman–Crippen MR) is 110 cm³/mol. The molecule has 0 aliphatic heterocycles. The summed E-state index contributed by atoms with van der Waals surface area (Å²) in [6, 6.07) is 12.1. The molecule has 1 atom stereocenters. The number of carbonyl (C=O) groups is 1. The van der Waals surface area contributed by atoms with Crippen LogP contribution in [0, 0.1) is 5.82 Å². The number of nitrogens with one attached hydrogen (secondary N) is 1. The van der Waals surface area contributed by atoms with E-state index in [4.69, 9.17) is 0 Å². The molecule has 0 aromatic heterocycles. The molecule has 28 heavy (non-hydrogen) atoms. The molecule has 8 heteroatoms. The van der Waals surface area contributed by atoms with Gasteiger partial charge in [0, 0.05) is 26.3 Å². The number of benzene rings is 2. The summed E-state index contributed by atoms with van der Waals surface area (Å²) in [6.45, 7) is 1.94. The van der Waals surface area contributed by atoms with Gasteiger partial charge in [0.15, 0.2) is 0 Å². The minimum absolute atomic E-state index is 0.137. The topological polar surface area (TPSA) is 69.7 Å². The van der Waals surface area contributed by atoms with E-state index in [1.165, 1.54) is 24.3 Å². The number of carbonyl (C=O) groups excluding carboxylic acids is 1. The van der Waals surface area contributed by atoms with Gasteiger partial charge in [-0.3, -0.25) is 9.10 Å². The van der Waals surface area contributed by atoms with Crippen LogP contribution in [-0.2, 0) is 21.4 Å². The second kappa shape index (κ2) is 9.05. The van der Waals surface area contributed by atoms with Crippen molar-refractivity contribution in [2.45, 2.75) is 25.9 Å². The van der Waals surface area contributed by atoms with E-state index >= 15 is 0 Å². The monoisotopic (exact) mass is 407 g/mol. The highest BCUT2D eigenvalue weighted by Gasteiger charge is 2.32. The minimum atomic E-state index is -3.87. The fourth-order valence-electron chi connectivity index (χ4n) is 2.88. The number of hydrogen-bond acceptors (Lipinski definition) is 4. The van der Waals surface area contributed by atoms with Crippen LogP contribution in [0.5, 0.6) is 0 Å². The highest BCUT2D eigenvalue weighted by Crippen LogP contribution is 2.25. The summed E-state index contributed by atoms with van der Waals surface area (Å²) < 4.78 is 39.8. The summed E-state index contributed by atoms with van der Waals surface area (Å²) in [5, 5.41) is 2.76. The van der Waals surface area contributed by atoms with Crippen molar-refractivity contribution in [3.05, 3.63) is 59.9 Å². The maximum atomic E-state index is 14.2. The molecule has 0 aliphatic rings. The zero-order valence-corrected chi connectivity index (χ0v) is 17.3. The van der Waals surface area contributed by atoms with Gasteiger partial charge in [-0.1, -0.05) is 31.2 Å². The average Bonchev–Trinajstić information content (AvgIpc) is 2.64. The third kappa shape index (κ3) is 5.22. The summed E-state index contributed by atoms with van der Waals surface area (Å²) in [5.41, 5.74) is 1.78. The molecule has 2 aromatic rings. The van der Waals surface area contributed by atoms with E-state index in [-0.39, 0.29) is 18.7 Å². The molecule has 2 rings (SSSR count). The largest absolute Gasteiger partial charge is 0.378 e. The van der Waals surface area contributed by atoms with Gasteiger partial charge in [0.2, 0.25) is 15.9 Å². The fraction of sp³-hybridized carbons (Fsp3) is 0.350. The first-order chi connectivity index (χ1) is 13.1. The minimum Gasteiger partial charge on any atom is -0.378 e. The first kappa shape index (κ1) is 21.7. The van der Waals surface area contributed by atoms with Gasteiger partial charge in [0.05, 0.1) is 11.9 Å². The van der Waals surface area contributed by atoms with Crippen LogP contribution in [0.2, 0.25) is 0 Å². The maximum Gasteiger partial charge on any atom is 0.244 e. The van der Waals surface area contributed by atoms with Crippen molar-refractivity contribution in [3.8, 4) is 0 Å². The van der Waals surface area contributed by atoms with Crippen molar-refractivity contribution < 1.29 is 17.6 Å². The SMILES string of the molecule is CCC(C(=O)NCc1ccc(N(C)C)cc1)N(c1ccccc1F)S(C)(=O)=O. The molecule has 1 amide bonds. The van der Waals surface area contributed by atoms with E-state index in [0.717, 1.165) is 21.8 Å². The number of para-hydroxylation sites is 1. The van der Waals surface area contributed by atoms with E-state index < -0.39 is 27.8 Å². The van der Waals surface area contributed by atoms with Crippen LogP contribution in [0.3, 0.4) is 0 Å². The number of halogens is 1. The number of nitrogens with zero attached hydrogens (tertiary/aromatic N) is 2. The molecule has 1 unspecified atom stereocenters. The van der Waals surface area contributed by atoms with E-state index in [1.54, 1.807) is 6.92 Å². The fourth-order valence-corrected chi connectivity index (χ4v) is 4.10. The number of rotatable bonds is 8. The summed E-state index contributed by atoms with van der Waals surface area (Å²) in [7, 11) is 0.00334. The summed E-state index contributed by atoms with van der Waals surface area (Å²) >= 11 is 0. The van der Waals surface area contributed by atoms with Crippen molar-refractivity contribution in [3.63, 3.8) is 0 Å². The van der Waals surface area contributed by atoms with Gasteiger partial charge in [0.25, 0.3) is 0 Å². The molecule has 0 saturated heterocycles. The molecular weight excluding hydrogens is 381 g/mol. The molecule has 0 radical (unpaired) electrons. The van der Waals surface area contributed by atoms with Gasteiger partial charge in [-0.2, -0.15) is 0 Å². The van der Waals surface area contributed by atoms with Crippen LogP contribution in [0.25, 0.3) is 0 Å². The van der Waals surface area contributed by atoms with Crippen LogP contribution in [0.15, 0.2) is 48.5 Å². The standard InChI is InChI=1S/C20H26FN3O3S/c1-5-18(24(28(4,26)27)19-9-7-6-8-17(19)21)20(25)22-14-15-10-12-16(13-11-15)23(2)3/h6-13,18H,5,14H2,1-4H3,(H,22,25). The molecule has 0 bridgehead atoms. The van der Waals surface area contributed by atoms with Crippen molar-refractivity contribution in [1.29, 1.82) is 0 Å². The second-order valence-electron chi connectivity index (χ2n) is 6.71. The van der Waals surface area contributed by atoms with E-state index in [2.05, 4.69) is 5.32 Å². The predicted octanol–water partition coefficient (Wildman–Crippen LogP) is 2.75. The van der Waals surface area contributed by atoms with Crippen molar-refractivity contribution in [2.75, 3.05) is 29.6 Å². The lowest BCUT2D eigenvalue weighted by Gasteiger charge is -2.30. The highest BCUT2D eigenvalue weighted by molar-refractivity contribution is 7.92. The third-order valence-corrected chi connectivity index (χ3v) is 5.50. The van der Waals surface area contributed by atoms with Crippen molar-refractivity contribution in [2.24, 2.45) is 0 Å². The molecule has 0 fully saturated rings. The lowest BCUT2D eigenvalue weighted by Crippen LogP contribution is -2.49. The molecule has 0 aliphatic carbocycles. The molecule has 0 spiro atoms. The summed E-state index contributed by atoms with van der Waals surface area (Å²) in [6.07, 6.45) is 1.17.